The molecule has 0 spiro atoms. The Hall–Kier alpha value is -2.28. The van der Waals surface area contributed by atoms with Gasteiger partial charge in [0, 0.05) is 49.7 Å². The molecule has 0 aliphatic carbocycles. The van der Waals surface area contributed by atoms with E-state index in [9.17, 15) is 9.59 Å². The Balaban J connectivity index is 1.45. The monoisotopic (exact) mass is 611 g/mol. The molecule has 9 nitrogen and oxygen atoms in total. The van der Waals surface area contributed by atoms with Crippen molar-refractivity contribution in [3.63, 3.8) is 0 Å². The Morgan fingerprint density at radius 2 is 2.03 bits per heavy atom. The van der Waals surface area contributed by atoms with Crippen LogP contribution in [-0.2, 0) is 20.8 Å². The SMILES string of the molecule is CCOC(=O)C1CCN(c2ncc(C(=O)Nc3nc(-c4cc(Cl)cs4)c(CN(C)CCOC)s3)cc2Cl)CC1. The molecule has 1 aliphatic rings. The molecule has 0 saturated carbocycles. The quantitative estimate of drug-likeness (QED) is 0.276. The molecule has 4 rings (SSSR count). The number of carbonyl (C=O) groups is 2. The van der Waals surface area contributed by atoms with Gasteiger partial charge in [0.05, 0.1) is 45.3 Å². The molecule has 1 N–H and O–H groups in total. The number of esters is 1. The number of carbonyl (C=O) groups excluding carboxylic acids is 2. The van der Waals surface area contributed by atoms with E-state index < -0.39 is 0 Å². The predicted octanol–water partition coefficient (Wildman–Crippen LogP) is 5.68. The number of thiophene rings is 1. The van der Waals surface area contributed by atoms with Crippen LogP contribution < -0.4 is 10.2 Å². The van der Waals surface area contributed by atoms with Crippen LogP contribution in [0.2, 0.25) is 10.0 Å². The minimum absolute atomic E-state index is 0.108. The van der Waals surface area contributed by atoms with E-state index in [4.69, 9.17) is 37.7 Å². The summed E-state index contributed by atoms with van der Waals surface area (Å²) in [6.45, 7) is 5.49. The summed E-state index contributed by atoms with van der Waals surface area (Å²) >= 11 is 15.7. The molecular formula is C26H31Cl2N5O4S2. The van der Waals surface area contributed by atoms with Crippen molar-refractivity contribution in [2.75, 3.05) is 57.2 Å². The number of piperidine rings is 1. The van der Waals surface area contributed by atoms with E-state index in [0.29, 0.717) is 72.2 Å². The summed E-state index contributed by atoms with van der Waals surface area (Å²) in [4.78, 5) is 40.5. The Kier molecular flexibility index (Phi) is 10.6. The summed E-state index contributed by atoms with van der Waals surface area (Å²) in [6, 6.07) is 3.49. The number of halogens is 2. The second kappa shape index (κ2) is 13.9. The number of likely N-dealkylation sites (N-methyl/N-ethyl adjacent to an activating group) is 1. The number of methoxy groups -OCH3 is 1. The fourth-order valence-corrected chi connectivity index (χ4v) is 6.75. The number of nitrogens with zero attached hydrogens (tertiary/aromatic N) is 4. The van der Waals surface area contributed by atoms with Crippen LogP contribution in [-0.4, -0.2) is 73.7 Å². The first-order valence-electron chi connectivity index (χ1n) is 12.6. The summed E-state index contributed by atoms with van der Waals surface area (Å²) in [5.41, 5.74) is 1.13. The summed E-state index contributed by atoms with van der Waals surface area (Å²) in [7, 11) is 3.69. The van der Waals surface area contributed by atoms with Crippen molar-refractivity contribution in [1.82, 2.24) is 14.9 Å². The highest BCUT2D eigenvalue weighted by Crippen LogP contribution is 2.37. The third-order valence-electron chi connectivity index (χ3n) is 6.31. The first-order valence-corrected chi connectivity index (χ1v) is 15.0. The van der Waals surface area contributed by atoms with Gasteiger partial charge in [-0.05, 0) is 38.9 Å². The molecule has 0 bridgehead atoms. The standard InChI is InChI=1S/C26H31Cl2N5O4S2/c1-4-37-25(35)16-5-7-33(8-6-16)23-19(28)11-17(13-29-23)24(34)31-26-30-22(20-12-18(27)15-38-20)21(39-26)14-32(2)9-10-36-3/h11-13,15-16H,4-10,14H2,1-3H3,(H,30,31,34). The molecule has 4 heterocycles. The van der Waals surface area contributed by atoms with Gasteiger partial charge in [0.15, 0.2) is 5.13 Å². The Morgan fingerprint density at radius 3 is 2.67 bits per heavy atom. The molecule has 3 aromatic heterocycles. The molecule has 1 fully saturated rings. The molecule has 210 valence electrons. The number of thiazole rings is 1. The second-order valence-electron chi connectivity index (χ2n) is 9.15. The highest BCUT2D eigenvalue weighted by Gasteiger charge is 2.28. The fraction of sp³-hybridized carbons (Fsp3) is 0.462. The highest BCUT2D eigenvalue weighted by molar-refractivity contribution is 7.17. The minimum atomic E-state index is -0.347. The molecule has 3 aromatic rings. The van der Waals surface area contributed by atoms with Crippen LogP contribution in [0.25, 0.3) is 10.6 Å². The maximum Gasteiger partial charge on any atom is 0.309 e. The van der Waals surface area contributed by atoms with Gasteiger partial charge in [-0.15, -0.1) is 11.3 Å². The summed E-state index contributed by atoms with van der Waals surface area (Å²) in [6.07, 6.45) is 2.86. The van der Waals surface area contributed by atoms with E-state index in [1.807, 2.05) is 30.3 Å². The zero-order valence-electron chi connectivity index (χ0n) is 22.0. The van der Waals surface area contributed by atoms with Gasteiger partial charge in [0.2, 0.25) is 0 Å². The van der Waals surface area contributed by atoms with Crippen molar-refractivity contribution in [1.29, 1.82) is 0 Å². The van der Waals surface area contributed by atoms with Crippen LogP contribution in [0.15, 0.2) is 23.7 Å². The zero-order chi connectivity index (χ0) is 27.9. The molecule has 1 saturated heterocycles. The van der Waals surface area contributed by atoms with E-state index in [-0.39, 0.29) is 17.8 Å². The number of aromatic nitrogens is 2. The van der Waals surface area contributed by atoms with Gasteiger partial charge in [-0.1, -0.05) is 34.5 Å². The van der Waals surface area contributed by atoms with Crippen molar-refractivity contribution in [3.8, 4) is 10.6 Å². The first kappa shape index (κ1) is 29.7. The van der Waals surface area contributed by atoms with Crippen LogP contribution in [0, 0.1) is 5.92 Å². The van der Waals surface area contributed by atoms with E-state index in [1.165, 1.54) is 28.9 Å². The Morgan fingerprint density at radius 1 is 1.26 bits per heavy atom. The average Bonchev–Trinajstić information content (AvgIpc) is 3.53. The summed E-state index contributed by atoms with van der Waals surface area (Å²) in [5.74, 6) is -0.00705. The molecule has 0 atom stereocenters. The van der Waals surface area contributed by atoms with Crippen molar-refractivity contribution < 1.29 is 19.1 Å². The fourth-order valence-electron chi connectivity index (χ4n) is 4.26. The number of amides is 1. The minimum Gasteiger partial charge on any atom is -0.466 e. The van der Waals surface area contributed by atoms with Gasteiger partial charge in [-0.25, -0.2) is 9.97 Å². The molecule has 1 aliphatic heterocycles. The number of rotatable bonds is 11. The van der Waals surface area contributed by atoms with Gasteiger partial charge in [-0.2, -0.15) is 0 Å². The molecule has 13 heteroatoms. The number of ether oxygens (including phenoxy) is 2. The number of hydrogen-bond donors (Lipinski definition) is 1. The number of nitrogens with one attached hydrogen (secondary N) is 1. The summed E-state index contributed by atoms with van der Waals surface area (Å²) < 4.78 is 10.3. The molecule has 0 aromatic carbocycles. The van der Waals surface area contributed by atoms with Gasteiger partial charge in [0.25, 0.3) is 5.91 Å². The molecular weight excluding hydrogens is 581 g/mol. The van der Waals surface area contributed by atoms with Gasteiger partial charge >= 0.3 is 5.97 Å². The molecule has 39 heavy (non-hydrogen) atoms. The maximum atomic E-state index is 13.1. The van der Waals surface area contributed by atoms with E-state index >= 15 is 0 Å². The van der Waals surface area contributed by atoms with Crippen LogP contribution in [0.5, 0.6) is 0 Å². The third-order valence-corrected chi connectivity index (χ3v) is 8.83. The van der Waals surface area contributed by atoms with Gasteiger partial charge < -0.3 is 14.4 Å². The van der Waals surface area contributed by atoms with Crippen molar-refractivity contribution in [2.45, 2.75) is 26.3 Å². The first-order chi connectivity index (χ1) is 18.8. The maximum absolute atomic E-state index is 13.1. The van der Waals surface area contributed by atoms with Gasteiger partial charge in [0.1, 0.15) is 5.82 Å². The summed E-state index contributed by atoms with van der Waals surface area (Å²) in [5, 5.41) is 6.28. The van der Waals surface area contributed by atoms with E-state index in [1.54, 1.807) is 13.2 Å². The van der Waals surface area contributed by atoms with Crippen molar-refractivity contribution >= 4 is 68.7 Å². The third kappa shape index (κ3) is 7.68. The Labute approximate surface area is 246 Å². The predicted molar refractivity (Wildman–Crippen MR) is 157 cm³/mol. The van der Waals surface area contributed by atoms with Crippen LogP contribution in [0.4, 0.5) is 10.9 Å². The number of anilines is 2. The number of hydrogen-bond acceptors (Lipinski definition) is 10. The van der Waals surface area contributed by atoms with Crippen LogP contribution >= 0.6 is 45.9 Å². The lowest BCUT2D eigenvalue weighted by atomic mass is 9.97. The highest BCUT2D eigenvalue weighted by atomic mass is 35.5. The van der Waals surface area contributed by atoms with Crippen molar-refractivity contribution in [3.05, 3.63) is 44.2 Å². The van der Waals surface area contributed by atoms with Crippen molar-refractivity contribution in [2.24, 2.45) is 5.92 Å². The van der Waals surface area contributed by atoms with E-state index in [2.05, 4.69) is 15.2 Å². The molecule has 1 amide bonds. The lowest BCUT2D eigenvalue weighted by molar-refractivity contribution is -0.148. The van der Waals surface area contributed by atoms with E-state index in [0.717, 1.165) is 22.0 Å². The normalized spacial score (nSPS) is 14.2. The topological polar surface area (TPSA) is 96.9 Å². The molecule has 0 unspecified atom stereocenters. The lowest BCUT2D eigenvalue weighted by Gasteiger charge is -2.32. The van der Waals surface area contributed by atoms with Gasteiger partial charge in [-0.3, -0.25) is 19.8 Å². The smallest absolute Gasteiger partial charge is 0.309 e. The van der Waals surface area contributed by atoms with Crippen LogP contribution in [0.1, 0.15) is 35.0 Å². The lowest BCUT2D eigenvalue weighted by Crippen LogP contribution is -2.37. The average molecular weight is 613 g/mol. The molecule has 0 radical (unpaired) electrons. The second-order valence-corrected chi connectivity index (χ2v) is 12.0. The largest absolute Gasteiger partial charge is 0.466 e. The van der Waals surface area contributed by atoms with Crippen LogP contribution in [0.3, 0.4) is 0 Å². The number of pyridine rings is 1. The zero-order valence-corrected chi connectivity index (χ0v) is 25.2. The Bertz CT molecular complexity index is 1290.